The summed E-state index contributed by atoms with van der Waals surface area (Å²) in [5, 5.41) is 0.867. The Morgan fingerprint density at radius 1 is 1.03 bits per heavy atom. The van der Waals surface area contributed by atoms with Crippen molar-refractivity contribution in [1.29, 1.82) is 0 Å². The van der Waals surface area contributed by atoms with Gasteiger partial charge in [-0.25, -0.2) is 0 Å². The van der Waals surface area contributed by atoms with E-state index in [1.165, 1.54) is 11.3 Å². The first-order valence-electron chi connectivity index (χ1n) is 9.45. The molecule has 0 saturated heterocycles. The number of benzene rings is 3. The highest BCUT2D eigenvalue weighted by atomic mass is 35.5. The van der Waals surface area contributed by atoms with Crippen LogP contribution < -0.4 is 9.54 Å². The van der Waals surface area contributed by atoms with Crippen LogP contribution in [0.15, 0.2) is 71.7 Å². The van der Waals surface area contributed by atoms with E-state index in [2.05, 4.69) is 4.99 Å². The molecule has 0 spiro atoms. The highest BCUT2D eigenvalue weighted by Gasteiger charge is 2.16. The molecule has 0 fully saturated rings. The topological polar surface area (TPSA) is 52.8 Å². The van der Waals surface area contributed by atoms with Crippen LogP contribution in [-0.2, 0) is 11.3 Å². The number of carbonyl (C=O) groups is 1. The van der Waals surface area contributed by atoms with Crippen LogP contribution in [0.2, 0.25) is 10.0 Å². The zero-order valence-corrected chi connectivity index (χ0v) is 18.9. The molecule has 31 heavy (non-hydrogen) atoms. The summed E-state index contributed by atoms with van der Waals surface area (Å²) in [7, 11) is 1.61. The molecule has 0 aliphatic heterocycles. The van der Waals surface area contributed by atoms with Gasteiger partial charge in [0.1, 0.15) is 11.5 Å². The molecule has 0 radical (unpaired) electrons. The van der Waals surface area contributed by atoms with Crippen molar-refractivity contribution in [2.45, 2.75) is 6.54 Å². The summed E-state index contributed by atoms with van der Waals surface area (Å²) in [5.41, 5.74) is 1.10. The normalized spacial score (nSPS) is 11.8. The van der Waals surface area contributed by atoms with Crippen LogP contribution in [0.4, 0.5) is 0 Å². The van der Waals surface area contributed by atoms with E-state index >= 15 is 0 Å². The van der Waals surface area contributed by atoms with Crippen LogP contribution in [0.25, 0.3) is 10.2 Å². The van der Waals surface area contributed by atoms with Crippen molar-refractivity contribution in [3.63, 3.8) is 0 Å². The van der Waals surface area contributed by atoms with E-state index < -0.39 is 5.91 Å². The highest BCUT2D eigenvalue weighted by Crippen LogP contribution is 2.32. The molecule has 1 heterocycles. The number of methoxy groups -OCH3 is 1. The first-order chi connectivity index (χ1) is 15.1. The summed E-state index contributed by atoms with van der Waals surface area (Å²) in [5.74, 6) is 0.667. The van der Waals surface area contributed by atoms with Gasteiger partial charge in [0, 0.05) is 13.7 Å². The Kier molecular flexibility index (Phi) is 6.73. The number of hydrogen-bond donors (Lipinski definition) is 0. The van der Waals surface area contributed by atoms with Gasteiger partial charge in [-0.1, -0.05) is 64.9 Å². The lowest BCUT2D eigenvalue weighted by molar-refractivity contribution is 0.0995. The van der Waals surface area contributed by atoms with E-state index in [0.717, 1.165) is 10.2 Å². The van der Waals surface area contributed by atoms with Gasteiger partial charge in [0.25, 0.3) is 5.91 Å². The minimum Gasteiger partial charge on any atom is -0.457 e. The lowest BCUT2D eigenvalue weighted by atomic mass is 10.2. The molecule has 1 aromatic heterocycles. The molecule has 1 amide bonds. The summed E-state index contributed by atoms with van der Waals surface area (Å²) >= 11 is 14.0. The zero-order chi connectivity index (χ0) is 21.8. The number of nitrogens with zero attached hydrogens (tertiary/aromatic N) is 2. The lowest BCUT2D eigenvalue weighted by Gasteiger charge is -2.09. The Morgan fingerprint density at radius 3 is 2.55 bits per heavy atom. The van der Waals surface area contributed by atoms with Gasteiger partial charge < -0.3 is 14.0 Å². The minimum absolute atomic E-state index is 0.367. The van der Waals surface area contributed by atoms with Crippen LogP contribution in [0, 0.1) is 0 Å². The standard InChI is InChI=1S/C23H18Cl2N2O3S/c1-29-14-13-27-21-19(12-11-17(24)20(21)25)31-23(27)26-22(28)16-9-5-6-10-18(16)30-15-7-3-2-4-8-15/h2-12H,13-14H2,1H3. The second-order valence-corrected chi connectivity index (χ2v) is 8.36. The van der Waals surface area contributed by atoms with E-state index in [9.17, 15) is 4.79 Å². The number of ether oxygens (including phenoxy) is 2. The second kappa shape index (κ2) is 9.66. The first-order valence-corrected chi connectivity index (χ1v) is 11.0. The highest BCUT2D eigenvalue weighted by molar-refractivity contribution is 7.16. The van der Waals surface area contributed by atoms with Gasteiger partial charge in [-0.15, -0.1) is 0 Å². The molecule has 0 bridgehead atoms. The number of para-hydroxylation sites is 2. The summed E-state index contributed by atoms with van der Waals surface area (Å²) in [6.07, 6.45) is 0. The summed E-state index contributed by atoms with van der Waals surface area (Å²) < 4.78 is 13.9. The van der Waals surface area contributed by atoms with Crippen LogP contribution in [0.3, 0.4) is 0 Å². The Balaban J connectivity index is 1.79. The fraction of sp³-hybridized carbons (Fsp3) is 0.130. The predicted molar refractivity (Wildman–Crippen MR) is 125 cm³/mol. The van der Waals surface area contributed by atoms with Crippen molar-refractivity contribution >= 4 is 50.7 Å². The van der Waals surface area contributed by atoms with Crippen LogP contribution in [0.5, 0.6) is 11.5 Å². The maximum Gasteiger partial charge on any atom is 0.283 e. The SMILES string of the molecule is COCCn1c(=NC(=O)c2ccccc2Oc2ccccc2)sc2ccc(Cl)c(Cl)c21. The number of halogens is 2. The fourth-order valence-corrected chi connectivity index (χ4v) is 4.61. The van der Waals surface area contributed by atoms with Gasteiger partial charge in [-0.05, 0) is 36.4 Å². The molecular weight excluding hydrogens is 455 g/mol. The maximum atomic E-state index is 13.1. The van der Waals surface area contributed by atoms with Gasteiger partial charge in [0.05, 0.1) is 32.4 Å². The van der Waals surface area contributed by atoms with Gasteiger partial charge in [0.15, 0.2) is 4.80 Å². The van der Waals surface area contributed by atoms with Crippen molar-refractivity contribution in [3.05, 3.63) is 87.1 Å². The molecule has 3 aromatic carbocycles. The molecule has 0 unspecified atom stereocenters. The van der Waals surface area contributed by atoms with E-state index in [4.69, 9.17) is 32.7 Å². The average molecular weight is 473 g/mol. The molecule has 0 aliphatic rings. The van der Waals surface area contributed by atoms with Crippen molar-refractivity contribution < 1.29 is 14.3 Å². The predicted octanol–water partition coefficient (Wildman–Crippen LogP) is 6.19. The first kappa shape index (κ1) is 21.6. The Bertz CT molecular complexity index is 1300. The quantitative estimate of drug-likeness (QED) is 0.336. The average Bonchev–Trinajstić information content (AvgIpc) is 3.13. The second-order valence-electron chi connectivity index (χ2n) is 6.57. The van der Waals surface area contributed by atoms with Crippen LogP contribution in [0.1, 0.15) is 10.4 Å². The third-order valence-electron chi connectivity index (χ3n) is 4.54. The molecule has 4 rings (SSSR count). The summed E-state index contributed by atoms with van der Waals surface area (Å²) in [6.45, 7) is 0.911. The van der Waals surface area contributed by atoms with E-state index in [-0.39, 0.29) is 0 Å². The molecule has 0 atom stereocenters. The summed E-state index contributed by atoms with van der Waals surface area (Å²) in [4.78, 5) is 18.0. The van der Waals surface area contributed by atoms with Crippen molar-refractivity contribution in [2.24, 2.45) is 4.99 Å². The number of hydrogen-bond acceptors (Lipinski definition) is 4. The van der Waals surface area contributed by atoms with Gasteiger partial charge in [-0.3, -0.25) is 4.79 Å². The fourth-order valence-electron chi connectivity index (χ4n) is 3.07. The lowest BCUT2D eigenvalue weighted by Crippen LogP contribution is -2.19. The molecule has 5 nitrogen and oxygen atoms in total. The molecule has 0 aliphatic carbocycles. The maximum absolute atomic E-state index is 13.1. The third-order valence-corrected chi connectivity index (χ3v) is 6.38. The molecule has 0 N–H and O–H groups in total. The van der Waals surface area contributed by atoms with E-state index in [1.807, 2.05) is 47.0 Å². The Morgan fingerprint density at radius 2 is 1.77 bits per heavy atom. The Labute approximate surface area is 193 Å². The molecule has 4 aromatic rings. The number of thiazole rings is 1. The van der Waals surface area contributed by atoms with Crippen molar-refractivity contribution in [2.75, 3.05) is 13.7 Å². The molecule has 8 heteroatoms. The number of carbonyl (C=O) groups excluding carboxylic acids is 1. The smallest absolute Gasteiger partial charge is 0.283 e. The van der Waals surface area contributed by atoms with Crippen LogP contribution in [-0.4, -0.2) is 24.2 Å². The monoisotopic (exact) mass is 472 g/mol. The number of amides is 1. The number of fused-ring (bicyclic) bond motifs is 1. The largest absolute Gasteiger partial charge is 0.457 e. The van der Waals surface area contributed by atoms with E-state index in [1.54, 1.807) is 31.4 Å². The third kappa shape index (κ3) is 4.67. The number of rotatable bonds is 6. The molecule has 158 valence electrons. The van der Waals surface area contributed by atoms with Gasteiger partial charge in [0.2, 0.25) is 0 Å². The van der Waals surface area contributed by atoms with Crippen molar-refractivity contribution in [3.8, 4) is 11.5 Å². The van der Waals surface area contributed by atoms with Gasteiger partial charge in [-0.2, -0.15) is 4.99 Å². The Hall–Kier alpha value is -2.64. The van der Waals surface area contributed by atoms with Crippen LogP contribution >= 0.6 is 34.5 Å². The molecule has 0 saturated carbocycles. The molecular formula is C23H18Cl2N2O3S. The minimum atomic E-state index is -0.411. The van der Waals surface area contributed by atoms with E-state index in [0.29, 0.717) is 45.1 Å². The number of aromatic nitrogens is 1. The summed E-state index contributed by atoms with van der Waals surface area (Å²) in [6, 6.07) is 19.9. The van der Waals surface area contributed by atoms with Gasteiger partial charge >= 0.3 is 0 Å². The zero-order valence-electron chi connectivity index (χ0n) is 16.5. The van der Waals surface area contributed by atoms with Crippen molar-refractivity contribution in [1.82, 2.24) is 4.57 Å².